The van der Waals surface area contributed by atoms with E-state index in [1.165, 1.54) is 12.1 Å². The van der Waals surface area contributed by atoms with Gasteiger partial charge in [-0.1, -0.05) is 12.1 Å². The zero-order valence-electron chi connectivity index (χ0n) is 17.2. The highest BCUT2D eigenvalue weighted by atomic mass is 32.2. The molecule has 0 amide bonds. The summed E-state index contributed by atoms with van der Waals surface area (Å²) in [6.45, 7) is 3.28. The molecule has 1 saturated heterocycles. The Morgan fingerprint density at radius 1 is 0.969 bits per heavy atom. The van der Waals surface area contributed by atoms with E-state index in [1.807, 2.05) is 22.7 Å². The lowest BCUT2D eigenvalue weighted by atomic mass is 10.1. The van der Waals surface area contributed by atoms with E-state index in [2.05, 4.69) is 32.3 Å². The van der Waals surface area contributed by atoms with Crippen LogP contribution in [-0.4, -0.2) is 49.1 Å². The Kier molecular flexibility index (Phi) is 5.25. The van der Waals surface area contributed by atoms with E-state index in [1.54, 1.807) is 24.5 Å². The number of ether oxygens (including phenoxy) is 1. The quantitative estimate of drug-likeness (QED) is 0.480. The van der Waals surface area contributed by atoms with Crippen LogP contribution in [0.5, 0.6) is 0 Å². The predicted molar refractivity (Wildman–Crippen MR) is 123 cm³/mol. The van der Waals surface area contributed by atoms with Crippen molar-refractivity contribution in [1.82, 2.24) is 14.4 Å². The third-order valence-corrected chi connectivity index (χ3v) is 6.34. The molecule has 9 nitrogen and oxygen atoms in total. The zero-order valence-corrected chi connectivity index (χ0v) is 18.0. The molecule has 2 aromatic carbocycles. The Bertz CT molecular complexity index is 1340. The Hall–Kier alpha value is -3.47. The van der Waals surface area contributed by atoms with Gasteiger partial charge in [-0.3, -0.25) is 4.40 Å². The first-order valence-corrected chi connectivity index (χ1v) is 11.7. The fraction of sp³-hybridized carbons (Fsp3) is 0.182. The first-order valence-electron chi connectivity index (χ1n) is 10.1. The maximum Gasteiger partial charge on any atom is 0.238 e. The maximum atomic E-state index is 11.5. The van der Waals surface area contributed by atoms with Gasteiger partial charge in [-0.25, -0.2) is 23.5 Å². The average Bonchev–Trinajstić information content (AvgIpc) is 3.30. The number of hydrogen-bond donors (Lipinski definition) is 2. The molecule has 32 heavy (non-hydrogen) atoms. The maximum absolute atomic E-state index is 11.5. The van der Waals surface area contributed by atoms with Crippen molar-refractivity contribution in [3.63, 3.8) is 0 Å². The number of nitrogens with zero attached hydrogens (tertiary/aromatic N) is 4. The van der Waals surface area contributed by atoms with Gasteiger partial charge in [-0.15, -0.1) is 0 Å². The molecule has 3 N–H and O–H groups in total. The summed E-state index contributed by atoms with van der Waals surface area (Å²) in [6, 6.07) is 14.6. The summed E-state index contributed by atoms with van der Waals surface area (Å²) in [7, 11) is -3.74. The number of benzene rings is 2. The number of sulfonamides is 1. The van der Waals surface area contributed by atoms with Crippen molar-refractivity contribution in [3.8, 4) is 11.3 Å². The minimum Gasteiger partial charge on any atom is -0.378 e. The van der Waals surface area contributed by atoms with Gasteiger partial charge in [-0.05, 0) is 36.4 Å². The van der Waals surface area contributed by atoms with E-state index < -0.39 is 10.0 Å². The summed E-state index contributed by atoms with van der Waals surface area (Å²) in [5.74, 6) is 0.624. The highest BCUT2D eigenvalue weighted by molar-refractivity contribution is 7.89. The van der Waals surface area contributed by atoms with Crippen molar-refractivity contribution in [2.45, 2.75) is 4.90 Å². The minimum atomic E-state index is -3.74. The number of nitrogens with two attached hydrogens (primary N) is 1. The summed E-state index contributed by atoms with van der Waals surface area (Å²) in [4.78, 5) is 11.4. The van der Waals surface area contributed by atoms with Gasteiger partial charge in [0.1, 0.15) is 0 Å². The molecule has 0 spiro atoms. The highest BCUT2D eigenvalue weighted by Crippen LogP contribution is 2.27. The second-order valence-corrected chi connectivity index (χ2v) is 9.02. The average molecular weight is 451 g/mol. The van der Waals surface area contributed by atoms with Gasteiger partial charge in [0, 0.05) is 42.4 Å². The topological polar surface area (TPSA) is 115 Å². The van der Waals surface area contributed by atoms with E-state index in [0.29, 0.717) is 11.5 Å². The van der Waals surface area contributed by atoms with Gasteiger partial charge in [0.05, 0.1) is 30.0 Å². The molecule has 4 aromatic rings. The van der Waals surface area contributed by atoms with Crippen molar-refractivity contribution < 1.29 is 13.2 Å². The Labute approximate surface area is 185 Å². The van der Waals surface area contributed by atoms with Crippen LogP contribution in [0.2, 0.25) is 0 Å². The molecule has 0 radical (unpaired) electrons. The second-order valence-electron chi connectivity index (χ2n) is 7.45. The van der Waals surface area contributed by atoms with E-state index in [-0.39, 0.29) is 4.90 Å². The van der Waals surface area contributed by atoms with Crippen LogP contribution in [-0.2, 0) is 14.8 Å². The van der Waals surface area contributed by atoms with Gasteiger partial charge in [-0.2, -0.15) is 0 Å². The number of primary sulfonamides is 1. The molecule has 10 heteroatoms. The fourth-order valence-electron chi connectivity index (χ4n) is 3.75. The third kappa shape index (κ3) is 4.03. The summed E-state index contributed by atoms with van der Waals surface area (Å²) in [5.41, 5.74) is 4.32. The van der Waals surface area contributed by atoms with Gasteiger partial charge < -0.3 is 15.0 Å². The van der Waals surface area contributed by atoms with Crippen molar-refractivity contribution in [2.75, 3.05) is 36.5 Å². The normalized spacial score (nSPS) is 14.6. The Morgan fingerprint density at radius 3 is 2.38 bits per heavy atom. The lowest BCUT2D eigenvalue weighted by molar-refractivity contribution is 0.122. The van der Waals surface area contributed by atoms with Gasteiger partial charge >= 0.3 is 0 Å². The van der Waals surface area contributed by atoms with Crippen LogP contribution < -0.4 is 15.4 Å². The van der Waals surface area contributed by atoms with E-state index in [9.17, 15) is 8.42 Å². The van der Waals surface area contributed by atoms with Crippen molar-refractivity contribution in [3.05, 3.63) is 67.1 Å². The lowest BCUT2D eigenvalue weighted by Crippen LogP contribution is -2.36. The van der Waals surface area contributed by atoms with Crippen molar-refractivity contribution >= 4 is 32.9 Å². The lowest BCUT2D eigenvalue weighted by Gasteiger charge is -2.28. The smallest absolute Gasteiger partial charge is 0.238 e. The van der Waals surface area contributed by atoms with E-state index in [4.69, 9.17) is 9.88 Å². The summed E-state index contributed by atoms with van der Waals surface area (Å²) in [5, 5.41) is 8.53. The molecule has 0 unspecified atom stereocenters. The van der Waals surface area contributed by atoms with Crippen LogP contribution in [0.1, 0.15) is 0 Å². The minimum absolute atomic E-state index is 0.0647. The standard InChI is InChI=1S/C22H22N6O3S/c23-32(29,30)19-7-1-16(2-8-19)20-15-25-21(22-24-9-10-28(20)22)26-17-3-5-18(6-4-17)27-11-13-31-14-12-27/h1-10,15H,11-14H2,(H,25,26)(H2,23,29,30). The number of anilines is 3. The first-order chi connectivity index (χ1) is 15.5. The summed E-state index contributed by atoms with van der Waals surface area (Å²) in [6.07, 6.45) is 5.27. The first kappa shape index (κ1) is 20.4. The Balaban J connectivity index is 1.41. The van der Waals surface area contributed by atoms with Crippen LogP contribution >= 0.6 is 0 Å². The molecule has 1 fully saturated rings. The highest BCUT2D eigenvalue weighted by Gasteiger charge is 2.14. The van der Waals surface area contributed by atoms with Gasteiger partial charge in [0.2, 0.25) is 10.0 Å². The molecule has 2 aromatic heterocycles. The van der Waals surface area contributed by atoms with Crippen LogP contribution in [0, 0.1) is 0 Å². The van der Waals surface area contributed by atoms with Gasteiger partial charge in [0.25, 0.3) is 0 Å². The van der Waals surface area contributed by atoms with Crippen molar-refractivity contribution in [1.29, 1.82) is 0 Å². The van der Waals surface area contributed by atoms with Crippen LogP contribution in [0.3, 0.4) is 0 Å². The number of hydrogen-bond acceptors (Lipinski definition) is 7. The molecule has 0 aliphatic carbocycles. The van der Waals surface area contributed by atoms with Gasteiger partial charge in [0.15, 0.2) is 11.5 Å². The number of aromatic nitrogens is 3. The SMILES string of the molecule is NS(=O)(=O)c1ccc(-c2cnc(Nc3ccc(N4CCOCC4)cc3)c3nccn23)cc1. The predicted octanol–water partition coefficient (Wildman–Crippen LogP) is 2.62. The van der Waals surface area contributed by atoms with Crippen molar-refractivity contribution in [2.24, 2.45) is 5.14 Å². The molecular formula is C22H22N6O3S. The van der Waals surface area contributed by atoms with Crippen LogP contribution in [0.15, 0.2) is 72.0 Å². The van der Waals surface area contributed by atoms with Crippen LogP contribution in [0.25, 0.3) is 16.9 Å². The molecule has 5 rings (SSSR count). The fourth-order valence-corrected chi connectivity index (χ4v) is 4.27. The van der Waals surface area contributed by atoms with E-state index >= 15 is 0 Å². The molecule has 164 valence electrons. The molecule has 1 aliphatic heterocycles. The number of imidazole rings is 1. The number of nitrogens with one attached hydrogen (secondary N) is 1. The van der Waals surface area contributed by atoms with E-state index in [0.717, 1.165) is 48.9 Å². The number of fused-ring (bicyclic) bond motifs is 1. The zero-order chi connectivity index (χ0) is 22.1. The molecular weight excluding hydrogens is 428 g/mol. The largest absolute Gasteiger partial charge is 0.378 e. The van der Waals surface area contributed by atoms with Crippen LogP contribution in [0.4, 0.5) is 17.2 Å². The molecule has 3 heterocycles. The Morgan fingerprint density at radius 2 is 1.69 bits per heavy atom. The monoisotopic (exact) mass is 450 g/mol. The summed E-state index contributed by atoms with van der Waals surface area (Å²) < 4.78 is 30.4. The molecule has 0 bridgehead atoms. The molecule has 0 saturated carbocycles. The number of rotatable bonds is 5. The second kappa shape index (κ2) is 8.23. The molecule has 1 aliphatic rings. The third-order valence-electron chi connectivity index (χ3n) is 5.41. The molecule has 0 atom stereocenters. The number of morpholine rings is 1. The summed E-state index contributed by atoms with van der Waals surface area (Å²) >= 11 is 0.